The quantitative estimate of drug-likeness (QED) is 0.0627. The minimum Gasteiger partial charge on any atom is -0.448 e. The van der Waals surface area contributed by atoms with Crippen LogP contribution in [0.2, 0.25) is 0 Å². The molecule has 1 unspecified atom stereocenters. The van der Waals surface area contributed by atoms with Gasteiger partial charge in [0, 0.05) is 23.6 Å². The Morgan fingerprint density at radius 3 is 2.33 bits per heavy atom. The summed E-state index contributed by atoms with van der Waals surface area (Å²) in [4.78, 5) is 75.4. The predicted octanol–water partition coefficient (Wildman–Crippen LogP) is 3.62. The van der Waals surface area contributed by atoms with Gasteiger partial charge in [-0.15, -0.1) is 44.9 Å². The highest BCUT2D eigenvalue weighted by atomic mass is 35.5. The first-order valence-electron chi connectivity index (χ1n) is 15.0. The Kier molecular flexibility index (Phi) is 11.0. The Labute approximate surface area is 307 Å². The number of hydrogen-bond acceptors (Lipinski definition) is 14. The fraction of sp³-hybridized carbons (Fsp3) is 0.219. The second-order valence-electron chi connectivity index (χ2n) is 10.7. The minimum absolute atomic E-state index is 0.0541. The van der Waals surface area contributed by atoms with Gasteiger partial charge in [-0.3, -0.25) is 24.1 Å². The third kappa shape index (κ3) is 7.78. The van der Waals surface area contributed by atoms with Crippen molar-refractivity contribution < 1.29 is 33.5 Å². The van der Waals surface area contributed by atoms with E-state index in [1.165, 1.54) is 36.1 Å². The molecule has 4 aromatic rings. The number of fused-ring (bicyclic) bond motifs is 1. The largest absolute Gasteiger partial charge is 0.448 e. The van der Waals surface area contributed by atoms with Crippen molar-refractivity contribution in [3.05, 3.63) is 93.6 Å². The molecule has 4 amide bonds. The van der Waals surface area contributed by atoms with Crippen LogP contribution in [-0.4, -0.2) is 85.5 Å². The van der Waals surface area contributed by atoms with E-state index in [1.54, 1.807) is 0 Å². The number of thioether (sulfide) groups is 1. The number of esters is 1. The molecule has 15 nitrogen and oxygen atoms in total. The molecule has 2 aliphatic rings. The molecule has 0 bridgehead atoms. The minimum atomic E-state index is -1.06. The smallest absolute Gasteiger partial charge is 0.356 e. The summed E-state index contributed by atoms with van der Waals surface area (Å²) in [5.41, 5.74) is 1.60. The van der Waals surface area contributed by atoms with Crippen molar-refractivity contribution in [2.75, 3.05) is 29.4 Å². The Bertz CT molecular complexity index is 2000. The van der Waals surface area contributed by atoms with Crippen molar-refractivity contribution in [1.29, 1.82) is 0 Å². The molecule has 2 atom stereocenters. The van der Waals surface area contributed by atoms with Crippen molar-refractivity contribution in [3.63, 3.8) is 0 Å². The third-order valence-electron chi connectivity index (χ3n) is 7.36. The van der Waals surface area contributed by atoms with Crippen molar-refractivity contribution in [3.8, 4) is 0 Å². The summed E-state index contributed by atoms with van der Waals surface area (Å²) in [5.74, 6) is -3.07. The average Bonchev–Trinajstić information content (AvgIpc) is 3.80. The number of amides is 4. The second-order valence-corrected chi connectivity index (χ2v) is 13.9. The maximum Gasteiger partial charge on any atom is 0.356 e. The molecule has 1 fully saturated rings. The number of oxime groups is 1. The number of aromatic nitrogens is 3. The van der Waals surface area contributed by atoms with E-state index in [-0.39, 0.29) is 44.9 Å². The monoisotopic (exact) mass is 766 g/mol. The molecule has 19 heteroatoms. The van der Waals surface area contributed by atoms with Crippen LogP contribution in [0.25, 0.3) is 5.57 Å². The number of rotatable bonds is 12. The molecular weight excluding hydrogens is 740 g/mol. The first-order valence-corrected chi connectivity index (χ1v) is 18.3. The number of ether oxygens (including phenoxy) is 1. The number of anilines is 2. The summed E-state index contributed by atoms with van der Waals surface area (Å²) >= 11 is 8.94. The molecule has 3 N–H and O–H groups in total. The SMILES string of the molecule is CO/N=C(\C(=O)NC1C(=O)N2C(C(=O)OC(c3ccccc3)c3ccccc3)=C(c3nnc(NC(C)=O)s3)CS[C@H]12)c1csc(NC(=O)CCl)n1. The molecule has 1 saturated heterocycles. The molecule has 51 heavy (non-hydrogen) atoms. The van der Waals surface area contributed by atoms with E-state index in [2.05, 4.69) is 36.3 Å². The molecule has 2 aliphatic heterocycles. The van der Waals surface area contributed by atoms with E-state index < -0.39 is 41.2 Å². The summed E-state index contributed by atoms with van der Waals surface area (Å²) in [6.07, 6.45) is -0.817. The van der Waals surface area contributed by atoms with Gasteiger partial charge in [-0.2, -0.15) is 0 Å². The highest BCUT2D eigenvalue weighted by molar-refractivity contribution is 8.00. The van der Waals surface area contributed by atoms with Gasteiger partial charge in [0.05, 0.1) is 0 Å². The van der Waals surface area contributed by atoms with Crippen LogP contribution >= 0.6 is 46.0 Å². The lowest BCUT2D eigenvalue weighted by molar-refractivity contribution is -0.154. The topological polar surface area (TPSA) is 194 Å². The van der Waals surface area contributed by atoms with Gasteiger partial charge in [0.1, 0.15) is 40.8 Å². The maximum atomic E-state index is 14.3. The van der Waals surface area contributed by atoms with E-state index in [0.29, 0.717) is 21.7 Å². The van der Waals surface area contributed by atoms with Crippen LogP contribution in [0, 0.1) is 0 Å². The van der Waals surface area contributed by atoms with Gasteiger partial charge in [0.15, 0.2) is 16.9 Å². The molecule has 6 rings (SSSR count). The first-order chi connectivity index (χ1) is 24.7. The van der Waals surface area contributed by atoms with Gasteiger partial charge in [-0.05, 0) is 11.1 Å². The molecule has 0 spiro atoms. The maximum absolute atomic E-state index is 14.3. The van der Waals surface area contributed by atoms with Gasteiger partial charge in [0.25, 0.3) is 11.8 Å². The molecule has 262 valence electrons. The lowest BCUT2D eigenvalue weighted by Gasteiger charge is -2.49. The number of carbonyl (C=O) groups is 5. The molecule has 0 radical (unpaired) electrons. The van der Waals surface area contributed by atoms with Crippen molar-refractivity contribution in [1.82, 2.24) is 25.4 Å². The van der Waals surface area contributed by atoms with Crippen LogP contribution in [0.15, 0.2) is 76.9 Å². The van der Waals surface area contributed by atoms with Gasteiger partial charge < -0.3 is 25.5 Å². The number of β-lactam (4-membered cyclic amide) rings is 1. The Morgan fingerprint density at radius 2 is 1.71 bits per heavy atom. The highest BCUT2D eigenvalue weighted by Crippen LogP contribution is 2.45. The van der Waals surface area contributed by atoms with Crippen molar-refractivity contribution in [2.24, 2.45) is 5.16 Å². The van der Waals surface area contributed by atoms with Crippen LogP contribution in [-0.2, 0) is 33.5 Å². The van der Waals surface area contributed by atoms with E-state index >= 15 is 0 Å². The van der Waals surface area contributed by atoms with E-state index in [1.807, 2.05) is 60.7 Å². The molecule has 2 aromatic heterocycles. The van der Waals surface area contributed by atoms with Crippen molar-refractivity contribution in [2.45, 2.75) is 24.4 Å². The first kappa shape index (κ1) is 35.6. The standard InChI is InChI=1S/C32H27ClN8O7S3/c1-16(42)34-32-39-38-27(51-32)19-14-49-29-23(37-26(44)22(40-47-2)20-15-50-31(35-20)36-21(43)13-33)28(45)41(29)24(19)30(46)48-25(17-9-5-3-6-10-17)18-11-7-4-8-12-18/h3-12,15,23,25,29H,13-14H2,1-2H3,(H,37,44)(H,34,39,42)(H,35,36,43)/b40-22-/t23?,29-/m1/s1. The number of nitrogens with one attached hydrogen (secondary N) is 3. The van der Waals surface area contributed by atoms with Crippen LogP contribution in [0.3, 0.4) is 0 Å². The zero-order chi connectivity index (χ0) is 36.1. The normalized spacial score (nSPS) is 17.0. The van der Waals surface area contributed by atoms with Crippen LogP contribution in [0.4, 0.5) is 10.3 Å². The lowest BCUT2D eigenvalue weighted by atomic mass is 10.0. The number of benzene rings is 2. The molecule has 2 aromatic carbocycles. The fourth-order valence-electron chi connectivity index (χ4n) is 5.16. The Hall–Kier alpha value is -5.17. The number of hydrogen-bond donors (Lipinski definition) is 3. The summed E-state index contributed by atoms with van der Waals surface area (Å²) in [6.45, 7) is 1.33. The molecule has 0 saturated carbocycles. The van der Waals surface area contributed by atoms with Gasteiger partial charge >= 0.3 is 5.97 Å². The highest BCUT2D eigenvalue weighted by Gasteiger charge is 2.55. The van der Waals surface area contributed by atoms with Gasteiger partial charge in [-0.1, -0.05) is 77.2 Å². The van der Waals surface area contributed by atoms with Gasteiger partial charge in [-0.25, -0.2) is 9.78 Å². The number of nitrogens with zero attached hydrogens (tertiary/aromatic N) is 5. The Balaban J connectivity index is 1.30. The fourth-order valence-corrected chi connectivity index (χ4v) is 8.21. The average molecular weight is 767 g/mol. The number of carbonyl (C=O) groups excluding carboxylic acids is 5. The summed E-state index contributed by atoms with van der Waals surface area (Å²) in [5, 5.41) is 21.3. The number of alkyl halides is 1. The van der Waals surface area contributed by atoms with E-state index in [4.69, 9.17) is 21.2 Å². The molecular formula is C32H27ClN8O7S3. The van der Waals surface area contributed by atoms with E-state index in [9.17, 15) is 24.0 Å². The Morgan fingerprint density at radius 1 is 1.02 bits per heavy atom. The summed E-state index contributed by atoms with van der Waals surface area (Å²) in [7, 11) is 1.25. The molecule has 4 heterocycles. The number of thiazole rings is 1. The van der Waals surface area contributed by atoms with E-state index in [0.717, 1.165) is 22.7 Å². The lowest BCUT2D eigenvalue weighted by Crippen LogP contribution is -2.71. The third-order valence-corrected chi connectivity index (χ3v) is 10.5. The summed E-state index contributed by atoms with van der Waals surface area (Å²) < 4.78 is 6.19. The summed E-state index contributed by atoms with van der Waals surface area (Å²) in [6, 6.07) is 17.3. The van der Waals surface area contributed by atoms with Gasteiger partial charge in [0.2, 0.25) is 16.9 Å². The number of halogens is 1. The zero-order valence-corrected chi connectivity index (χ0v) is 29.9. The zero-order valence-electron chi connectivity index (χ0n) is 26.7. The van der Waals surface area contributed by atoms with Crippen LogP contribution in [0.1, 0.15) is 34.9 Å². The van der Waals surface area contributed by atoms with Crippen molar-refractivity contribution >= 4 is 97.2 Å². The van der Waals surface area contributed by atoms with Crippen LogP contribution < -0.4 is 16.0 Å². The predicted molar refractivity (Wildman–Crippen MR) is 192 cm³/mol. The molecule has 0 aliphatic carbocycles. The second kappa shape index (κ2) is 15.8. The van der Waals surface area contributed by atoms with Crippen LogP contribution in [0.5, 0.6) is 0 Å².